The second kappa shape index (κ2) is 6.17. The van der Waals surface area contributed by atoms with Crippen LogP contribution in [-0.2, 0) is 16.0 Å². The van der Waals surface area contributed by atoms with Crippen molar-refractivity contribution < 1.29 is 14.1 Å². The lowest BCUT2D eigenvalue weighted by atomic mass is 10.2. The van der Waals surface area contributed by atoms with Gasteiger partial charge in [0.15, 0.2) is 0 Å². The van der Waals surface area contributed by atoms with E-state index >= 15 is 0 Å². The maximum Gasteiger partial charge on any atom is 0.228 e. The first-order chi connectivity index (χ1) is 10.1. The van der Waals surface area contributed by atoms with Gasteiger partial charge in [0.05, 0.1) is 29.6 Å². The molecule has 0 N–H and O–H groups in total. The van der Waals surface area contributed by atoms with Crippen LogP contribution >= 0.6 is 22.9 Å². The van der Waals surface area contributed by atoms with Crippen molar-refractivity contribution in [2.75, 3.05) is 19.7 Å². The number of carbonyl (C=O) groups is 1. The minimum absolute atomic E-state index is 0.0410. The second-order valence-electron chi connectivity index (χ2n) is 4.95. The molecular weight excluding hydrogens is 312 g/mol. The Kier molecular flexibility index (Phi) is 4.28. The van der Waals surface area contributed by atoms with Crippen LogP contribution < -0.4 is 0 Å². The van der Waals surface area contributed by atoms with Crippen LogP contribution in [0.1, 0.15) is 22.4 Å². The molecule has 112 valence electrons. The van der Waals surface area contributed by atoms with Gasteiger partial charge in [-0.25, -0.2) is 0 Å². The summed E-state index contributed by atoms with van der Waals surface area (Å²) in [5, 5.41) is 3.86. The fourth-order valence-electron chi connectivity index (χ4n) is 2.32. The summed E-state index contributed by atoms with van der Waals surface area (Å²) in [4.78, 5) is 15.2. The highest BCUT2D eigenvalue weighted by Gasteiger charge is 2.26. The number of amides is 1. The molecule has 1 aliphatic heterocycles. The predicted molar refractivity (Wildman–Crippen MR) is 79.5 cm³/mol. The van der Waals surface area contributed by atoms with Crippen molar-refractivity contribution in [3.05, 3.63) is 38.9 Å². The van der Waals surface area contributed by atoms with Gasteiger partial charge in [-0.2, -0.15) is 0 Å². The van der Waals surface area contributed by atoms with E-state index in [4.69, 9.17) is 20.9 Å². The van der Waals surface area contributed by atoms with E-state index in [-0.39, 0.29) is 18.4 Å². The van der Waals surface area contributed by atoms with Crippen molar-refractivity contribution in [2.45, 2.75) is 19.4 Å². The van der Waals surface area contributed by atoms with Gasteiger partial charge < -0.3 is 14.2 Å². The van der Waals surface area contributed by atoms with E-state index in [9.17, 15) is 4.79 Å². The standard InChI is InChI=1S/C14H15ClN2O3S/c1-9-6-10(16-20-9)7-14(18)17-4-5-19-11(8-17)12-2-3-13(15)21-12/h2-3,6,11H,4-5,7-8H2,1H3. The van der Waals surface area contributed by atoms with Gasteiger partial charge in [0.25, 0.3) is 0 Å². The van der Waals surface area contributed by atoms with Crippen LogP contribution in [0.4, 0.5) is 0 Å². The SMILES string of the molecule is Cc1cc(CC(=O)N2CCOC(c3ccc(Cl)s3)C2)no1. The lowest BCUT2D eigenvalue weighted by molar-refractivity contribution is -0.138. The Hall–Kier alpha value is -1.37. The molecule has 0 bridgehead atoms. The summed E-state index contributed by atoms with van der Waals surface area (Å²) in [6, 6.07) is 5.59. The van der Waals surface area contributed by atoms with E-state index in [1.807, 2.05) is 24.0 Å². The third-order valence-corrected chi connectivity index (χ3v) is 4.66. The molecule has 3 rings (SSSR count). The zero-order valence-electron chi connectivity index (χ0n) is 11.5. The van der Waals surface area contributed by atoms with Crippen molar-refractivity contribution in [1.29, 1.82) is 0 Å². The maximum atomic E-state index is 12.3. The van der Waals surface area contributed by atoms with Crippen molar-refractivity contribution in [1.82, 2.24) is 10.1 Å². The number of hydrogen-bond donors (Lipinski definition) is 0. The van der Waals surface area contributed by atoms with E-state index in [0.717, 1.165) is 9.21 Å². The molecule has 3 heterocycles. The number of rotatable bonds is 3. The number of carbonyl (C=O) groups excluding carboxylic acids is 1. The highest BCUT2D eigenvalue weighted by molar-refractivity contribution is 7.16. The molecule has 1 unspecified atom stereocenters. The highest BCUT2D eigenvalue weighted by atomic mass is 35.5. The van der Waals surface area contributed by atoms with E-state index < -0.39 is 0 Å². The van der Waals surface area contributed by atoms with Crippen LogP contribution in [0.2, 0.25) is 4.34 Å². The third kappa shape index (κ3) is 3.45. The summed E-state index contributed by atoms with van der Waals surface area (Å²) in [6.07, 6.45) is 0.161. The Bertz CT molecular complexity index is 640. The Morgan fingerprint density at radius 1 is 1.57 bits per heavy atom. The van der Waals surface area contributed by atoms with Crippen LogP contribution in [0.3, 0.4) is 0 Å². The van der Waals surface area contributed by atoms with Gasteiger partial charge in [-0.1, -0.05) is 16.8 Å². The molecule has 1 saturated heterocycles. The van der Waals surface area contributed by atoms with E-state index in [0.29, 0.717) is 31.2 Å². The number of nitrogens with zero attached hydrogens (tertiary/aromatic N) is 2. The summed E-state index contributed by atoms with van der Waals surface area (Å²) >= 11 is 7.44. The summed E-state index contributed by atoms with van der Waals surface area (Å²) in [7, 11) is 0. The number of aryl methyl sites for hydroxylation is 1. The fourth-order valence-corrected chi connectivity index (χ4v) is 3.42. The van der Waals surface area contributed by atoms with Crippen LogP contribution in [0.25, 0.3) is 0 Å². The van der Waals surface area contributed by atoms with Crippen molar-refractivity contribution in [2.24, 2.45) is 0 Å². The number of thiophene rings is 1. The molecule has 1 atom stereocenters. The monoisotopic (exact) mass is 326 g/mol. The van der Waals surface area contributed by atoms with Crippen LogP contribution in [-0.4, -0.2) is 35.7 Å². The molecule has 5 nitrogen and oxygen atoms in total. The average Bonchev–Trinajstić information content (AvgIpc) is 3.08. The van der Waals surface area contributed by atoms with Crippen LogP contribution in [0.5, 0.6) is 0 Å². The van der Waals surface area contributed by atoms with Gasteiger partial charge in [-0.3, -0.25) is 4.79 Å². The van der Waals surface area contributed by atoms with Gasteiger partial charge in [-0.05, 0) is 19.1 Å². The lowest BCUT2D eigenvalue weighted by Crippen LogP contribution is -2.42. The molecule has 1 fully saturated rings. The molecule has 0 aliphatic carbocycles. The first-order valence-corrected chi connectivity index (χ1v) is 7.88. The molecule has 0 radical (unpaired) electrons. The quantitative estimate of drug-likeness (QED) is 0.870. The molecule has 0 saturated carbocycles. The maximum absolute atomic E-state index is 12.3. The van der Waals surface area contributed by atoms with Crippen LogP contribution in [0.15, 0.2) is 22.7 Å². The molecule has 2 aromatic rings. The minimum Gasteiger partial charge on any atom is -0.369 e. The zero-order valence-corrected chi connectivity index (χ0v) is 13.1. The number of hydrogen-bond acceptors (Lipinski definition) is 5. The molecule has 0 spiro atoms. The number of aromatic nitrogens is 1. The first-order valence-electron chi connectivity index (χ1n) is 6.68. The van der Waals surface area contributed by atoms with E-state index in [2.05, 4.69) is 5.16 Å². The average molecular weight is 327 g/mol. The predicted octanol–water partition coefficient (Wildman–Crippen LogP) is 2.84. The lowest BCUT2D eigenvalue weighted by Gasteiger charge is -2.32. The molecule has 1 aliphatic rings. The zero-order chi connectivity index (χ0) is 14.8. The third-order valence-electron chi connectivity index (χ3n) is 3.34. The minimum atomic E-state index is -0.0979. The Labute approximate surface area is 131 Å². The molecule has 7 heteroatoms. The van der Waals surface area contributed by atoms with Gasteiger partial charge in [0.1, 0.15) is 11.9 Å². The number of ether oxygens (including phenoxy) is 1. The molecule has 21 heavy (non-hydrogen) atoms. The van der Waals surface area contributed by atoms with Gasteiger partial charge >= 0.3 is 0 Å². The number of halogens is 1. The van der Waals surface area contributed by atoms with Gasteiger partial charge in [0.2, 0.25) is 5.91 Å². The Balaban J connectivity index is 1.64. The van der Waals surface area contributed by atoms with E-state index in [1.165, 1.54) is 11.3 Å². The van der Waals surface area contributed by atoms with Crippen molar-refractivity contribution in [3.63, 3.8) is 0 Å². The van der Waals surface area contributed by atoms with Crippen molar-refractivity contribution >= 4 is 28.8 Å². The second-order valence-corrected chi connectivity index (χ2v) is 6.69. The summed E-state index contributed by atoms with van der Waals surface area (Å²) in [5.74, 6) is 0.755. The van der Waals surface area contributed by atoms with Gasteiger partial charge in [-0.15, -0.1) is 11.3 Å². The molecular formula is C14H15ClN2O3S. The molecule has 2 aromatic heterocycles. The first kappa shape index (κ1) is 14.6. The smallest absolute Gasteiger partial charge is 0.228 e. The molecule has 0 aromatic carbocycles. The van der Waals surface area contributed by atoms with E-state index in [1.54, 1.807) is 6.07 Å². The topological polar surface area (TPSA) is 55.6 Å². The number of morpholine rings is 1. The largest absolute Gasteiger partial charge is 0.369 e. The summed E-state index contributed by atoms with van der Waals surface area (Å²) in [6.45, 7) is 3.49. The summed E-state index contributed by atoms with van der Waals surface area (Å²) in [5.41, 5.74) is 0.666. The summed E-state index contributed by atoms with van der Waals surface area (Å²) < 4.78 is 11.5. The Morgan fingerprint density at radius 3 is 3.10 bits per heavy atom. The van der Waals surface area contributed by atoms with Crippen LogP contribution in [0, 0.1) is 6.92 Å². The molecule has 1 amide bonds. The van der Waals surface area contributed by atoms with Gasteiger partial charge in [0, 0.05) is 17.5 Å². The highest BCUT2D eigenvalue weighted by Crippen LogP contribution is 2.31. The normalized spacial score (nSPS) is 19.0. The Morgan fingerprint density at radius 2 is 2.43 bits per heavy atom. The fraction of sp³-hybridized carbons (Fsp3) is 0.429. The van der Waals surface area contributed by atoms with Crippen molar-refractivity contribution in [3.8, 4) is 0 Å².